The molecule has 1 saturated carbocycles. The van der Waals surface area contributed by atoms with Crippen LogP contribution in [0.3, 0.4) is 0 Å². The summed E-state index contributed by atoms with van der Waals surface area (Å²) in [5, 5.41) is 0. The van der Waals surface area contributed by atoms with Crippen molar-refractivity contribution in [2.75, 3.05) is 13.1 Å². The molecule has 1 aliphatic carbocycles. The summed E-state index contributed by atoms with van der Waals surface area (Å²) in [5.41, 5.74) is 6.18. The molecular weight excluding hydrogens is 172 g/mol. The standard InChI is InChI=1S/C12H26N2/c1-5-14(11-6-7-11)12(4,9-13)8-10(2)3/h10-11H,5-9,13H2,1-4H3. The molecule has 14 heavy (non-hydrogen) atoms. The number of hydrogen-bond acceptors (Lipinski definition) is 2. The van der Waals surface area contributed by atoms with Gasteiger partial charge in [-0.05, 0) is 38.6 Å². The Morgan fingerprint density at radius 2 is 2.00 bits per heavy atom. The minimum atomic E-state index is 0.226. The van der Waals surface area contributed by atoms with Gasteiger partial charge in [-0.25, -0.2) is 0 Å². The molecule has 1 aliphatic rings. The van der Waals surface area contributed by atoms with Crippen molar-refractivity contribution >= 4 is 0 Å². The second-order valence-corrected chi connectivity index (χ2v) is 5.32. The Balaban J connectivity index is 2.63. The lowest BCUT2D eigenvalue weighted by atomic mass is 9.88. The van der Waals surface area contributed by atoms with Crippen molar-refractivity contribution in [2.45, 2.75) is 58.5 Å². The lowest BCUT2D eigenvalue weighted by Gasteiger charge is -2.41. The summed E-state index contributed by atoms with van der Waals surface area (Å²) in [7, 11) is 0. The smallest absolute Gasteiger partial charge is 0.0308 e. The number of nitrogens with zero attached hydrogens (tertiary/aromatic N) is 1. The van der Waals surface area contributed by atoms with Crippen LogP contribution in [0.4, 0.5) is 0 Å². The zero-order valence-electron chi connectivity index (χ0n) is 10.2. The highest BCUT2D eigenvalue weighted by Gasteiger charge is 2.39. The maximum atomic E-state index is 5.96. The molecule has 1 fully saturated rings. The van der Waals surface area contributed by atoms with Crippen LogP contribution in [0.25, 0.3) is 0 Å². The van der Waals surface area contributed by atoms with Crippen LogP contribution in [0.2, 0.25) is 0 Å². The molecule has 2 heteroatoms. The number of nitrogens with two attached hydrogens (primary N) is 1. The van der Waals surface area contributed by atoms with Gasteiger partial charge < -0.3 is 5.73 Å². The zero-order valence-corrected chi connectivity index (χ0v) is 10.2. The highest BCUT2D eigenvalue weighted by molar-refractivity contribution is 4.96. The first-order valence-electron chi connectivity index (χ1n) is 6.00. The highest BCUT2D eigenvalue weighted by Crippen LogP contribution is 2.35. The van der Waals surface area contributed by atoms with Gasteiger partial charge in [0.1, 0.15) is 0 Å². The van der Waals surface area contributed by atoms with Gasteiger partial charge in [0.05, 0.1) is 0 Å². The van der Waals surface area contributed by atoms with Crippen LogP contribution in [0.15, 0.2) is 0 Å². The molecule has 2 nitrogen and oxygen atoms in total. The molecule has 0 bridgehead atoms. The second kappa shape index (κ2) is 4.63. The van der Waals surface area contributed by atoms with Crippen molar-refractivity contribution in [2.24, 2.45) is 11.7 Å². The Kier molecular flexibility index (Phi) is 3.96. The van der Waals surface area contributed by atoms with E-state index < -0.39 is 0 Å². The number of likely N-dealkylation sites (N-methyl/N-ethyl adjacent to an activating group) is 1. The molecule has 0 radical (unpaired) electrons. The molecule has 0 amide bonds. The van der Waals surface area contributed by atoms with E-state index >= 15 is 0 Å². The largest absolute Gasteiger partial charge is 0.329 e. The summed E-state index contributed by atoms with van der Waals surface area (Å²) in [4.78, 5) is 2.62. The van der Waals surface area contributed by atoms with Crippen LogP contribution in [0, 0.1) is 5.92 Å². The van der Waals surface area contributed by atoms with Crippen LogP contribution in [0.1, 0.15) is 47.0 Å². The average Bonchev–Trinajstić information content (AvgIpc) is 2.88. The number of rotatable bonds is 6. The van der Waals surface area contributed by atoms with Crippen LogP contribution in [-0.4, -0.2) is 29.6 Å². The fourth-order valence-electron chi connectivity index (χ4n) is 2.66. The predicted octanol–water partition coefficient (Wildman–Crippen LogP) is 2.23. The summed E-state index contributed by atoms with van der Waals surface area (Å²) < 4.78 is 0. The molecule has 0 spiro atoms. The molecule has 0 saturated heterocycles. The molecule has 84 valence electrons. The van der Waals surface area contributed by atoms with Crippen molar-refractivity contribution in [1.82, 2.24) is 4.90 Å². The van der Waals surface area contributed by atoms with Crippen molar-refractivity contribution < 1.29 is 0 Å². The summed E-state index contributed by atoms with van der Waals surface area (Å²) >= 11 is 0. The van der Waals surface area contributed by atoms with Gasteiger partial charge in [-0.2, -0.15) is 0 Å². The fourth-order valence-corrected chi connectivity index (χ4v) is 2.66. The average molecular weight is 198 g/mol. The van der Waals surface area contributed by atoms with Crippen molar-refractivity contribution in [1.29, 1.82) is 0 Å². The Hall–Kier alpha value is -0.0800. The lowest BCUT2D eigenvalue weighted by molar-refractivity contribution is 0.0864. The Bertz CT molecular complexity index is 175. The van der Waals surface area contributed by atoms with Crippen molar-refractivity contribution in [3.05, 3.63) is 0 Å². The Labute approximate surface area is 88.8 Å². The molecule has 1 atom stereocenters. The van der Waals surface area contributed by atoms with E-state index in [-0.39, 0.29) is 5.54 Å². The van der Waals surface area contributed by atoms with Crippen LogP contribution in [0.5, 0.6) is 0 Å². The van der Waals surface area contributed by atoms with E-state index in [0.29, 0.717) is 0 Å². The minimum absolute atomic E-state index is 0.226. The first-order chi connectivity index (χ1) is 6.53. The van der Waals surface area contributed by atoms with E-state index in [2.05, 4.69) is 32.6 Å². The SMILES string of the molecule is CCN(C1CC1)C(C)(CN)CC(C)C. The second-order valence-electron chi connectivity index (χ2n) is 5.32. The zero-order chi connectivity index (χ0) is 10.8. The molecule has 0 heterocycles. The van der Waals surface area contributed by atoms with Gasteiger partial charge in [-0.1, -0.05) is 20.8 Å². The van der Waals surface area contributed by atoms with E-state index in [1.54, 1.807) is 0 Å². The Morgan fingerprint density at radius 1 is 1.43 bits per heavy atom. The van der Waals surface area contributed by atoms with E-state index in [9.17, 15) is 0 Å². The molecule has 1 rings (SSSR count). The summed E-state index contributed by atoms with van der Waals surface area (Å²) in [6.07, 6.45) is 3.97. The van der Waals surface area contributed by atoms with E-state index in [1.807, 2.05) is 0 Å². The van der Waals surface area contributed by atoms with Crippen molar-refractivity contribution in [3.63, 3.8) is 0 Å². The molecule has 0 aliphatic heterocycles. The third-order valence-electron chi connectivity index (χ3n) is 3.31. The maximum absolute atomic E-state index is 5.96. The summed E-state index contributed by atoms with van der Waals surface area (Å²) in [6.45, 7) is 11.1. The van der Waals surface area contributed by atoms with Crippen LogP contribution in [-0.2, 0) is 0 Å². The molecule has 2 N–H and O–H groups in total. The van der Waals surface area contributed by atoms with Gasteiger partial charge in [0.25, 0.3) is 0 Å². The predicted molar refractivity (Wildman–Crippen MR) is 62.3 cm³/mol. The normalized spacial score (nSPS) is 21.6. The van der Waals surface area contributed by atoms with Crippen LogP contribution < -0.4 is 5.73 Å². The third-order valence-corrected chi connectivity index (χ3v) is 3.31. The van der Waals surface area contributed by atoms with Crippen molar-refractivity contribution in [3.8, 4) is 0 Å². The van der Waals surface area contributed by atoms with Gasteiger partial charge in [0.2, 0.25) is 0 Å². The monoisotopic (exact) mass is 198 g/mol. The summed E-state index contributed by atoms with van der Waals surface area (Å²) in [5.74, 6) is 0.733. The molecule has 0 aromatic carbocycles. The van der Waals surface area contributed by atoms with E-state index in [0.717, 1.165) is 25.0 Å². The fraction of sp³-hybridized carbons (Fsp3) is 1.00. The molecule has 1 unspecified atom stereocenters. The van der Waals surface area contributed by atoms with Gasteiger partial charge in [-0.3, -0.25) is 4.90 Å². The van der Waals surface area contributed by atoms with Gasteiger partial charge in [0, 0.05) is 18.1 Å². The highest BCUT2D eigenvalue weighted by atomic mass is 15.2. The first kappa shape index (κ1) is 12.0. The first-order valence-corrected chi connectivity index (χ1v) is 6.00. The van der Waals surface area contributed by atoms with Gasteiger partial charge in [-0.15, -0.1) is 0 Å². The molecule has 0 aromatic rings. The maximum Gasteiger partial charge on any atom is 0.0308 e. The van der Waals surface area contributed by atoms with Crippen LogP contribution >= 0.6 is 0 Å². The topological polar surface area (TPSA) is 29.3 Å². The van der Waals surface area contributed by atoms with Gasteiger partial charge >= 0.3 is 0 Å². The molecule has 0 aromatic heterocycles. The molecular formula is C12H26N2. The summed E-state index contributed by atoms with van der Waals surface area (Å²) in [6, 6.07) is 0.826. The van der Waals surface area contributed by atoms with E-state index in [1.165, 1.54) is 19.3 Å². The Morgan fingerprint density at radius 3 is 2.29 bits per heavy atom. The number of hydrogen-bond donors (Lipinski definition) is 1. The lowest BCUT2D eigenvalue weighted by Crippen LogP contribution is -2.53. The third kappa shape index (κ3) is 2.71. The quantitative estimate of drug-likeness (QED) is 0.709. The van der Waals surface area contributed by atoms with E-state index in [4.69, 9.17) is 5.73 Å². The van der Waals surface area contributed by atoms with Gasteiger partial charge in [0.15, 0.2) is 0 Å². The minimum Gasteiger partial charge on any atom is -0.329 e.